The van der Waals surface area contributed by atoms with Gasteiger partial charge in [-0.3, -0.25) is 4.79 Å². The molecule has 22 heavy (non-hydrogen) atoms. The molecule has 0 radical (unpaired) electrons. The summed E-state index contributed by atoms with van der Waals surface area (Å²) in [7, 11) is 3.91. The van der Waals surface area contributed by atoms with Gasteiger partial charge in [-0.05, 0) is 39.1 Å². The summed E-state index contributed by atoms with van der Waals surface area (Å²) in [5.41, 5.74) is 0. The maximum Gasteiger partial charge on any atom is 0.292 e. The summed E-state index contributed by atoms with van der Waals surface area (Å²) >= 11 is 0. The number of hydrogen-bond acceptors (Lipinski definition) is 4. The van der Waals surface area contributed by atoms with Crippen molar-refractivity contribution in [2.24, 2.45) is 5.92 Å². The number of nitrogens with zero attached hydrogens (tertiary/aromatic N) is 3. The van der Waals surface area contributed by atoms with Crippen molar-refractivity contribution in [3.05, 3.63) is 35.9 Å². The van der Waals surface area contributed by atoms with E-state index >= 15 is 0 Å². The Bertz CT molecular complexity index is 628. The van der Waals surface area contributed by atoms with Gasteiger partial charge in [-0.15, -0.1) is 0 Å². The zero-order valence-corrected chi connectivity index (χ0v) is 13.8. The lowest BCUT2D eigenvalue weighted by atomic mass is 10.1. The number of aromatic nitrogens is 2. The molecule has 6 nitrogen and oxygen atoms in total. The summed E-state index contributed by atoms with van der Waals surface area (Å²) < 4.78 is 7.40. The lowest BCUT2D eigenvalue weighted by molar-refractivity contribution is 0.0992. The topological polar surface area (TPSA) is 63.3 Å². The predicted octanol–water partition coefficient (Wildman–Crippen LogP) is 3.01. The van der Waals surface area contributed by atoms with Crippen LogP contribution in [0, 0.1) is 5.92 Å². The van der Waals surface area contributed by atoms with Gasteiger partial charge in [0.1, 0.15) is 11.6 Å². The second-order valence-corrected chi connectivity index (χ2v) is 6.10. The maximum atomic E-state index is 12.3. The Morgan fingerprint density at radius 2 is 2.05 bits per heavy atom. The molecule has 120 valence electrons. The highest BCUT2D eigenvalue weighted by Crippen LogP contribution is 2.21. The van der Waals surface area contributed by atoms with Gasteiger partial charge >= 0.3 is 0 Å². The van der Waals surface area contributed by atoms with Crippen molar-refractivity contribution in [1.82, 2.24) is 14.7 Å². The van der Waals surface area contributed by atoms with E-state index in [1.54, 1.807) is 18.3 Å². The maximum absolute atomic E-state index is 12.3. The number of anilines is 1. The standard InChI is InChI=1S/C16H24N4O2/c1-11(2)12(3)20-15(8-9-17-20)18-16(21)14-7-6-13(22-14)10-19(4)5/h6-9,11-12H,10H2,1-5H3,(H,18,21)/t12-/m0/s1. The van der Waals surface area contributed by atoms with Crippen LogP contribution < -0.4 is 5.32 Å². The number of nitrogens with one attached hydrogen (secondary N) is 1. The highest BCUT2D eigenvalue weighted by molar-refractivity contribution is 6.01. The predicted molar refractivity (Wildman–Crippen MR) is 85.8 cm³/mol. The number of carbonyl (C=O) groups excluding carboxylic acids is 1. The van der Waals surface area contributed by atoms with E-state index in [9.17, 15) is 4.79 Å². The fraction of sp³-hybridized carbons (Fsp3) is 0.500. The van der Waals surface area contributed by atoms with E-state index in [0.717, 1.165) is 5.76 Å². The van der Waals surface area contributed by atoms with E-state index in [2.05, 4.69) is 31.2 Å². The summed E-state index contributed by atoms with van der Waals surface area (Å²) in [5.74, 6) is 1.91. The molecule has 1 atom stereocenters. The van der Waals surface area contributed by atoms with Crippen LogP contribution in [-0.4, -0.2) is 34.7 Å². The number of amides is 1. The van der Waals surface area contributed by atoms with E-state index in [1.165, 1.54) is 0 Å². The average Bonchev–Trinajstić information content (AvgIpc) is 3.06. The van der Waals surface area contributed by atoms with Crippen LogP contribution in [0.5, 0.6) is 0 Å². The third kappa shape index (κ3) is 3.76. The molecule has 0 aromatic carbocycles. The Kier molecular flexibility index (Phi) is 5.03. The third-order valence-electron chi connectivity index (χ3n) is 3.62. The molecule has 6 heteroatoms. The zero-order chi connectivity index (χ0) is 16.3. The summed E-state index contributed by atoms with van der Waals surface area (Å²) in [5, 5.41) is 7.16. The van der Waals surface area contributed by atoms with Crippen LogP contribution in [0.4, 0.5) is 5.82 Å². The van der Waals surface area contributed by atoms with E-state index in [0.29, 0.717) is 24.0 Å². The van der Waals surface area contributed by atoms with Crippen LogP contribution in [-0.2, 0) is 6.54 Å². The molecule has 0 spiro atoms. The Balaban J connectivity index is 2.09. The van der Waals surface area contributed by atoms with Gasteiger partial charge in [-0.2, -0.15) is 5.10 Å². The fourth-order valence-corrected chi connectivity index (χ4v) is 2.09. The van der Waals surface area contributed by atoms with Crippen molar-refractivity contribution in [3.8, 4) is 0 Å². The fourth-order valence-electron chi connectivity index (χ4n) is 2.09. The molecule has 0 saturated heterocycles. The molecule has 0 aliphatic rings. The molecule has 2 aromatic heterocycles. The van der Waals surface area contributed by atoms with Gasteiger partial charge in [0.2, 0.25) is 0 Å². The number of furan rings is 1. The molecule has 0 aliphatic heterocycles. The SMILES string of the molecule is CC(C)[C@H](C)n1nccc1NC(=O)c1ccc(CN(C)C)o1. The van der Waals surface area contributed by atoms with Crippen LogP contribution in [0.1, 0.15) is 43.1 Å². The molecule has 0 bridgehead atoms. The Hall–Kier alpha value is -2.08. The van der Waals surface area contributed by atoms with Crippen molar-refractivity contribution in [3.63, 3.8) is 0 Å². The molecule has 2 heterocycles. The van der Waals surface area contributed by atoms with Crippen LogP contribution in [0.15, 0.2) is 28.8 Å². The summed E-state index contributed by atoms with van der Waals surface area (Å²) in [4.78, 5) is 14.3. The first kappa shape index (κ1) is 16.3. The molecule has 1 amide bonds. The van der Waals surface area contributed by atoms with Crippen LogP contribution >= 0.6 is 0 Å². The average molecular weight is 304 g/mol. The minimum Gasteiger partial charge on any atom is -0.455 e. The van der Waals surface area contributed by atoms with Gasteiger partial charge in [0.05, 0.1) is 18.8 Å². The molecule has 1 N–H and O–H groups in total. The van der Waals surface area contributed by atoms with Crippen molar-refractivity contribution in [2.75, 3.05) is 19.4 Å². The third-order valence-corrected chi connectivity index (χ3v) is 3.62. The largest absolute Gasteiger partial charge is 0.455 e. The molecule has 2 aromatic rings. The Morgan fingerprint density at radius 3 is 2.68 bits per heavy atom. The zero-order valence-electron chi connectivity index (χ0n) is 13.8. The summed E-state index contributed by atoms with van der Waals surface area (Å²) in [6, 6.07) is 5.51. The summed E-state index contributed by atoms with van der Waals surface area (Å²) in [6.07, 6.45) is 1.69. The normalized spacial score (nSPS) is 12.9. The highest BCUT2D eigenvalue weighted by atomic mass is 16.4. The highest BCUT2D eigenvalue weighted by Gasteiger charge is 2.17. The molecule has 0 saturated carbocycles. The van der Waals surface area contributed by atoms with Crippen molar-refractivity contribution in [1.29, 1.82) is 0 Å². The van der Waals surface area contributed by atoms with Crippen molar-refractivity contribution in [2.45, 2.75) is 33.4 Å². The smallest absolute Gasteiger partial charge is 0.292 e. The molecular weight excluding hydrogens is 280 g/mol. The Morgan fingerprint density at radius 1 is 1.32 bits per heavy atom. The van der Waals surface area contributed by atoms with E-state index in [4.69, 9.17) is 4.42 Å². The van der Waals surface area contributed by atoms with Crippen LogP contribution in [0.25, 0.3) is 0 Å². The molecule has 0 fully saturated rings. The number of rotatable bonds is 6. The minimum absolute atomic E-state index is 0.200. The number of carbonyl (C=O) groups is 1. The molecule has 0 aliphatic carbocycles. The van der Waals surface area contributed by atoms with Crippen molar-refractivity contribution < 1.29 is 9.21 Å². The van der Waals surface area contributed by atoms with Gasteiger partial charge in [-0.25, -0.2) is 4.68 Å². The lowest BCUT2D eigenvalue weighted by Crippen LogP contribution is -2.19. The van der Waals surface area contributed by atoms with Gasteiger partial charge in [-0.1, -0.05) is 13.8 Å². The van der Waals surface area contributed by atoms with Gasteiger partial charge < -0.3 is 14.6 Å². The second-order valence-electron chi connectivity index (χ2n) is 6.10. The Labute approximate surface area is 131 Å². The van der Waals surface area contributed by atoms with E-state index < -0.39 is 0 Å². The second kappa shape index (κ2) is 6.79. The molecular formula is C16H24N4O2. The number of hydrogen-bond donors (Lipinski definition) is 1. The molecule has 2 rings (SSSR count). The van der Waals surface area contributed by atoms with Crippen LogP contribution in [0.2, 0.25) is 0 Å². The quantitative estimate of drug-likeness (QED) is 0.891. The summed E-state index contributed by atoms with van der Waals surface area (Å²) in [6.45, 7) is 6.99. The first-order valence-corrected chi connectivity index (χ1v) is 7.46. The minimum atomic E-state index is -0.261. The van der Waals surface area contributed by atoms with Crippen molar-refractivity contribution >= 4 is 11.7 Å². The monoisotopic (exact) mass is 304 g/mol. The van der Waals surface area contributed by atoms with E-state index in [1.807, 2.05) is 29.7 Å². The van der Waals surface area contributed by atoms with Crippen LogP contribution in [0.3, 0.4) is 0 Å². The van der Waals surface area contributed by atoms with Gasteiger partial charge in [0, 0.05) is 6.07 Å². The van der Waals surface area contributed by atoms with E-state index in [-0.39, 0.29) is 11.9 Å². The first-order valence-electron chi connectivity index (χ1n) is 7.46. The lowest BCUT2D eigenvalue weighted by Gasteiger charge is -2.19. The van der Waals surface area contributed by atoms with Gasteiger partial charge in [0.15, 0.2) is 5.76 Å². The van der Waals surface area contributed by atoms with Gasteiger partial charge in [0.25, 0.3) is 5.91 Å². The first-order chi connectivity index (χ1) is 10.4. The molecule has 0 unspecified atom stereocenters.